The van der Waals surface area contributed by atoms with E-state index < -0.39 is 60.2 Å². The molecule has 2 rings (SSSR count). The van der Waals surface area contributed by atoms with Gasteiger partial charge in [-0.05, 0) is 56.2 Å². The molecule has 1 aromatic heterocycles. The smallest absolute Gasteiger partial charge is 0.326 e. The van der Waals surface area contributed by atoms with E-state index in [2.05, 4.69) is 20.9 Å². The molecule has 2 aromatic rings. The van der Waals surface area contributed by atoms with Crippen LogP contribution in [0.25, 0.3) is 10.9 Å². The Balaban J connectivity index is 2.14. The molecule has 0 aliphatic rings. The molecule has 1 heterocycles. The summed E-state index contributed by atoms with van der Waals surface area (Å²) >= 11 is 0. The van der Waals surface area contributed by atoms with Crippen LogP contribution in [0.4, 0.5) is 0 Å². The number of aromatic nitrogens is 1. The first-order valence-corrected chi connectivity index (χ1v) is 13.3. The second-order valence-electron chi connectivity index (χ2n) is 10.2. The summed E-state index contributed by atoms with van der Waals surface area (Å²) in [7, 11) is 0. The van der Waals surface area contributed by atoms with E-state index in [1.165, 1.54) is 0 Å². The van der Waals surface area contributed by atoms with Crippen LogP contribution in [0.5, 0.6) is 0 Å². The Morgan fingerprint density at radius 1 is 0.900 bits per heavy atom. The standard InChI is InChI=1S/C27H40N6O7/c1-15(2)11-22(27(39)40)33-26(38)21(13-23(34)35)32-25(37)20(9-5-6-10-28)31-24(36)18(29)12-16-14-30-19-8-4-3-7-17(16)19/h3-4,7-8,14-15,18,20-22,30H,5-6,9-13,28-29H2,1-2H3,(H,31,36)(H,32,37)(H,33,38)(H,34,35)(H,39,40). The second-order valence-corrected chi connectivity index (χ2v) is 10.2. The molecule has 40 heavy (non-hydrogen) atoms. The SMILES string of the molecule is CC(C)CC(NC(=O)C(CC(=O)O)NC(=O)C(CCCCN)NC(=O)C(N)Cc1c[nH]c2ccccc12)C(=O)O. The number of aliphatic carboxylic acids is 2. The summed E-state index contributed by atoms with van der Waals surface area (Å²) in [5.74, 6) is -5.06. The summed E-state index contributed by atoms with van der Waals surface area (Å²) < 4.78 is 0. The van der Waals surface area contributed by atoms with Crippen molar-refractivity contribution in [1.29, 1.82) is 0 Å². The van der Waals surface area contributed by atoms with Gasteiger partial charge in [0.1, 0.15) is 18.1 Å². The van der Waals surface area contributed by atoms with E-state index in [1.54, 1.807) is 20.0 Å². The zero-order valence-corrected chi connectivity index (χ0v) is 22.8. The maximum absolute atomic E-state index is 13.2. The topological polar surface area (TPSA) is 230 Å². The van der Waals surface area contributed by atoms with E-state index in [-0.39, 0.29) is 25.2 Å². The van der Waals surface area contributed by atoms with Crippen LogP contribution in [-0.2, 0) is 30.4 Å². The highest BCUT2D eigenvalue weighted by molar-refractivity contribution is 5.95. The lowest BCUT2D eigenvalue weighted by Crippen LogP contribution is -2.57. The summed E-state index contributed by atoms with van der Waals surface area (Å²) in [6.07, 6.45) is 2.50. The van der Waals surface area contributed by atoms with E-state index in [0.717, 1.165) is 16.5 Å². The first kappa shape index (κ1) is 32.2. The van der Waals surface area contributed by atoms with Gasteiger partial charge < -0.3 is 42.6 Å². The van der Waals surface area contributed by atoms with Gasteiger partial charge in [0.2, 0.25) is 17.7 Å². The normalized spacial score (nSPS) is 14.2. The minimum Gasteiger partial charge on any atom is -0.481 e. The number of hydrogen-bond donors (Lipinski definition) is 8. The van der Waals surface area contributed by atoms with Gasteiger partial charge >= 0.3 is 11.9 Å². The van der Waals surface area contributed by atoms with Gasteiger partial charge in [-0.1, -0.05) is 32.0 Å². The number of carboxylic acid groups (broad SMARTS) is 2. The van der Waals surface area contributed by atoms with Crippen LogP contribution < -0.4 is 27.4 Å². The van der Waals surface area contributed by atoms with Gasteiger partial charge in [0, 0.05) is 17.1 Å². The molecule has 0 aliphatic heterocycles. The molecule has 0 aliphatic carbocycles. The van der Waals surface area contributed by atoms with Crippen LogP contribution in [0, 0.1) is 5.92 Å². The average molecular weight is 561 g/mol. The lowest BCUT2D eigenvalue weighted by Gasteiger charge is -2.25. The summed E-state index contributed by atoms with van der Waals surface area (Å²) in [6, 6.07) is 2.61. The fourth-order valence-electron chi connectivity index (χ4n) is 4.29. The molecule has 0 saturated carbocycles. The van der Waals surface area contributed by atoms with Crippen molar-refractivity contribution < 1.29 is 34.2 Å². The van der Waals surface area contributed by atoms with E-state index in [4.69, 9.17) is 11.5 Å². The third-order valence-electron chi connectivity index (χ3n) is 6.36. The van der Waals surface area contributed by atoms with E-state index in [1.807, 2.05) is 24.3 Å². The highest BCUT2D eigenvalue weighted by atomic mass is 16.4. The maximum Gasteiger partial charge on any atom is 0.326 e. The second kappa shape index (κ2) is 15.6. The van der Waals surface area contributed by atoms with Gasteiger partial charge in [0.25, 0.3) is 0 Å². The Morgan fingerprint density at radius 2 is 1.52 bits per heavy atom. The summed E-state index contributed by atoms with van der Waals surface area (Å²) in [5, 5.41) is 27.0. The first-order valence-electron chi connectivity index (χ1n) is 13.3. The number of unbranched alkanes of at least 4 members (excludes halogenated alkanes) is 1. The molecule has 1 aromatic carbocycles. The fourth-order valence-corrected chi connectivity index (χ4v) is 4.29. The quantitative estimate of drug-likeness (QED) is 0.124. The molecular formula is C27H40N6O7. The molecule has 10 N–H and O–H groups in total. The predicted molar refractivity (Wildman–Crippen MR) is 148 cm³/mol. The Bertz CT molecular complexity index is 1180. The maximum atomic E-state index is 13.2. The van der Waals surface area contributed by atoms with Crippen LogP contribution in [0.1, 0.15) is 51.5 Å². The number of nitrogens with two attached hydrogens (primary N) is 2. The number of aromatic amines is 1. The molecule has 0 fully saturated rings. The van der Waals surface area contributed by atoms with Crippen molar-refractivity contribution >= 4 is 40.6 Å². The van der Waals surface area contributed by atoms with Crippen LogP contribution in [0.15, 0.2) is 30.5 Å². The molecule has 0 radical (unpaired) electrons. The fraction of sp³-hybridized carbons (Fsp3) is 0.519. The van der Waals surface area contributed by atoms with Crippen LogP contribution in [0.2, 0.25) is 0 Å². The van der Waals surface area contributed by atoms with Crippen molar-refractivity contribution in [2.45, 2.75) is 76.5 Å². The van der Waals surface area contributed by atoms with Gasteiger partial charge in [-0.2, -0.15) is 0 Å². The summed E-state index contributed by atoms with van der Waals surface area (Å²) in [5.41, 5.74) is 13.5. The third-order valence-corrected chi connectivity index (χ3v) is 6.36. The molecule has 13 nitrogen and oxygen atoms in total. The molecule has 3 amide bonds. The van der Waals surface area contributed by atoms with Crippen molar-refractivity contribution in [3.8, 4) is 0 Å². The number of nitrogens with one attached hydrogen (secondary N) is 4. The van der Waals surface area contributed by atoms with Gasteiger partial charge in [-0.25, -0.2) is 4.79 Å². The van der Waals surface area contributed by atoms with Crippen molar-refractivity contribution in [3.05, 3.63) is 36.0 Å². The number of amides is 3. The number of fused-ring (bicyclic) bond motifs is 1. The Morgan fingerprint density at radius 3 is 2.15 bits per heavy atom. The van der Waals surface area contributed by atoms with Crippen LogP contribution >= 0.6 is 0 Å². The number of carboxylic acids is 2. The number of hydrogen-bond acceptors (Lipinski definition) is 7. The first-order chi connectivity index (χ1) is 18.9. The van der Waals surface area contributed by atoms with Crippen molar-refractivity contribution in [2.75, 3.05) is 6.54 Å². The number of carbonyl (C=O) groups is 5. The molecule has 0 spiro atoms. The van der Waals surface area contributed by atoms with Crippen LogP contribution in [0.3, 0.4) is 0 Å². The third kappa shape index (κ3) is 9.97. The van der Waals surface area contributed by atoms with Gasteiger partial charge in [-0.3, -0.25) is 19.2 Å². The lowest BCUT2D eigenvalue weighted by atomic mass is 10.0. The summed E-state index contributed by atoms with van der Waals surface area (Å²) in [6.45, 7) is 3.91. The molecule has 4 unspecified atom stereocenters. The predicted octanol–water partition coefficient (Wildman–Crippen LogP) is 0.227. The van der Waals surface area contributed by atoms with Gasteiger partial charge in [0.05, 0.1) is 12.5 Å². The molecule has 13 heteroatoms. The average Bonchev–Trinajstić information content (AvgIpc) is 3.29. The van der Waals surface area contributed by atoms with E-state index in [9.17, 15) is 34.2 Å². The highest BCUT2D eigenvalue weighted by Gasteiger charge is 2.31. The van der Waals surface area contributed by atoms with E-state index in [0.29, 0.717) is 19.4 Å². The monoisotopic (exact) mass is 560 g/mol. The number of benzene rings is 1. The van der Waals surface area contributed by atoms with Crippen molar-refractivity contribution in [2.24, 2.45) is 17.4 Å². The molecular weight excluding hydrogens is 520 g/mol. The zero-order chi connectivity index (χ0) is 29.8. The number of carbonyl (C=O) groups excluding carboxylic acids is 3. The number of para-hydroxylation sites is 1. The zero-order valence-electron chi connectivity index (χ0n) is 22.8. The molecule has 220 valence electrons. The number of rotatable bonds is 17. The molecule has 4 atom stereocenters. The molecule has 0 saturated heterocycles. The lowest BCUT2D eigenvalue weighted by molar-refractivity contribution is -0.144. The van der Waals surface area contributed by atoms with Crippen molar-refractivity contribution in [1.82, 2.24) is 20.9 Å². The van der Waals surface area contributed by atoms with E-state index >= 15 is 0 Å². The minimum atomic E-state index is -1.56. The summed E-state index contributed by atoms with van der Waals surface area (Å²) in [4.78, 5) is 65.1. The van der Waals surface area contributed by atoms with Gasteiger partial charge in [-0.15, -0.1) is 0 Å². The minimum absolute atomic E-state index is 0.0653. The van der Waals surface area contributed by atoms with Crippen LogP contribution in [-0.4, -0.2) is 75.6 Å². The Labute approximate surface area is 232 Å². The Hall–Kier alpha value is -3.97. The number of H-pyrrole nitrogens is 1. The van der Waals surface area contributed by atoms with Crippen molar-refractivity contribution in [3.63, 3.8) is 0 Å². The Kier molecular flexibility index (Phi) is 12.6. The largest absolute Gasteiger partial charge is 0.481 e. The molecule has 0 bridgehead atoms. The van der Waals surface area contributed by atoms with Gasteiger partial charge in [0.15, 0.2) is 0 Å². The highest BCUT2D eigenvalue weighted by Crippen LogP contribution is 2.19.